The van der Waals surface area contributed by atoms with E-state index in [0.29, 0.717) is 34.6 Å². The van der Waals surface area contributed by atoms with E-state index in [2.05, 4.69) is 0 Å². The summed E-state index contributed by atoms with van der Waals surface area (Å²) in [4.78, 5) is 11.8. The van der Waals surface area contributed by atoms with Crippen molar-refractivity contribution in [2.75, 3.05) is 20.8 Å². The van der Waals surface area contributed by atoms with Gasteiger partial charge in [-0.1, -0.05) is 0 Å². The first-order valence-corrected chi connectivity index (χ1v) is 5.51. The number of furan rings is 1. The van der Waals surface area contributed by atoms with Crippen molar-refractivity contribution in [1.82, 2.24) is 0 Å². The van der Waals surface area contributed by atoms with Crippen LogP contribution in [-0.4, -0.2) is 26.8 Å². The number of fused-ring (bicyclic) bond motifs is 1. The zero-order valence-corrected chi connectivity index (χ0v) is 10.5. The van der Waals surface area contributed by atoms with Gasteiger partial charge >= 0.3 is 5.97 Å². The second-order valence-electron chi connectivity index (χ2n) is 3.57. The highest BCUT2D eigenvalue weighted by atomic mass is 16.5. The van der Waals surface area contributed by atoms with Gasteiger partial charge in [0.2, 0.25) is 0 Å². The molecule has 2 aromatic rings. The van der Waals surface area contributed by atoms with E-state index in [9.17, 15) is 4.79 Å². The number of rotatable bonds is 4. The summed E-state index contributed by atoms with van der Waals surface area (Å²) in [6.45, 7) is 2.06. The summed E-state index contributed by atoms with van der Waals surface area (Å²) in [5, 5.41) is 0.594. The minimum Gasteiger partial charge on any atom is -0.496 e. The summed E-state index contributed by atoms with van der Waals surface area (Å²) in [5.74, 6) is 0.685. The predicted octanol–water partition coefficient (Wildman–Crippen LogP) is 2.63. The maximum Gasteiger partial charge on any atom is 0.342 e. The van der Waals surface area contributed by atoms with Crippen LogP contribution in [0.2, 0.25) is 0 Å². The molecule has 0 fully saturated rings. The summed E-state index contributed by atoms with van der Waals surface area (Å²) >= 11 is 0. The van der Waals surface area contributed by atoms with Crippen LogP contribution in [0.4, 0.5) is 0 Å². The molecule has 96 valence electrons. The summed E-state index contributed by atoms with van der Waals surface area (Å²) in [6.07, 6.45) is 1.37. The summed E-state index contributed by atoms with van der Waals surface area (Å²) in [7, 11) is 3.08. The van der Waals surface area contributed by atoms with Crippen molar-refractivity contribution in [1.29, 1.82) is 0 Å². The van der Waals surface area contributed by atoms with Crippen molar-refractivity contribution >= 4 is 16.9 Å². The van der Waals surface area contributed by atoms with Crippen LogP contribution in [0.15, 0.2) is 22.8 Å². The molecule has 0 atom stereocenters. The van der Waals surface area contributed by atoms with Crippen LogP contribution in [0.5, 0.6) is 11.5 Å². The molecule has 0 saturated heterocycles. The second-order valence-corrected chi connectivity index (χ2v) is 3.57. The Bertz CT molecular complexity index is 570. The Morgan fingerprint density at radius 2 is 2.06 bits per heavy atom. The monoisotopic (exact) mass is 250 g/mol. The summed E-state index contributed by atoms with van der Waals surface area (Å²) in [5.41, 5.74) is 0.876. The highest BCUT2D eigenvalue weighted by molar-refractivity contribution is 6.06. The highest BCUT2D eigenvalue weighted by Gasteiger charge is 2.19. The Balaban J connectivity index is 2.60. The average molecular weight is 250 g/mol. The Hall–Kier alpha value is -2.17. The Kier molecular flexibility index (Phi) is 3.41. The van der Waals surface area contributed by atoms with E-state index in [1.54, 1.807) is 26.2 Å². The molecular weight excluding hydrogens is 236 g/mol. The van der Waals surface area contributed by atoms with Gasteiger partial charge in [-0.2, -0.15) is 0 Å². The Morgan fingerprint density at radius 3 is 2.67 bits per heavy atom. The Morgan fingerprint density at radius 1 is 1.28 bits per heavy atom. The number of benzene rings is 1. The molecule has 1 aromatic carbocycles. The van der Waals surface area contributed by atoms with Gasteiger partial charge in [0.15, 0.2) is 0 Å². The maximum absolute atomic E-state index is 11.8. The topological polar surface area (TPSA) is 57.9 Å². The molecule has 0 saturated carbocycles. The van der Waals surface area contributed by atoms with Gasteiger partial charge in [-0.05, 0) is 6.92 Å². The van der Waals surface area contributed by atoms with Crippen LogP contribution < -0.4 is 9.47 Å². The third-order valence-corrected chi connectivity index (χ3v) is 2.56. The zero-order valence-electron chi connectivity index (χ0n) is 10.5. The number of carbonyl (C=O) groups is 1. The fourth-order valence-corrected chi connectivity index (χ4v) is 1.74. The molecule has 0 aliphatic carbocycles. The number of esters is 1. The number of hydrogen-bond donors (Lipinski definition) is 0. The van der Waals surface area contributed by atoms with Gasteiger partial charge in [0.05, 0.1) is 26.2 Å². The van der Waals surface area contributed by atoms with Crippen molar-refractivity contribution in [2.45, 2.75) is 6.92 Å². The third-order valence-electron chi connectivity index (χ3n) is 2.56. The summed E-state index contributed by atoms with van der Waals surface area (Å²) < 4.78 is 20.7. The smallest absolute Gasteiger partial charge is 0.342 e. The van der Waals surface area contributed by atoms with Gasteiger partial charge in [-0.25, -0.2) is 4.79 Å². The first kappa shape index (κ1) is 12.3. The summed E-state index contributed by atoms with van der Waals surface area (Å²) in [6, 6.07) is 3.39. The number of ether oxygens (including phenoxy) is 3. The van der Waals surface area contributed by atoms with Crippen molar-refractivity contribution in [3.63, 3.8) is 0 Å². The fraction of sp³-hybridized carbons (Fsp3) is 0.308. The normalized spacial score (nSPS) is 10.4. The van der Waals surface area contributed by atoms with Crippen LogP contribution in [0, 0.1) is 0 Å². The molecule has 1 heterocycles. The van der Waals surface area contributed by atoms with Crippen LogP contribution in [0.25, 0.3) is 11.0 Å². The lowest BCUT2D eigenvalue weighted by Crippen LogP contribution is -2.04. The SMILES string of the molecule is CCOC(=O)c1coc2cc(OC)cc(OC)c12. The zero-order chi connectivity index (χ0) is 13.1. The predicted molar refractivity (Wildman–Crippen MR) is 65.3 cm³/mol. The molecule has 5 heteroatoms. The molecular formula is C13H14O5. The van der Waals surface area contributed by atoms with Crippen LogP contribution in [0.3, 0.4) is 0 Å². The number of carbonyl (C=O) groups excluding carboxylic acids is 1. The van der Waals surface area contributed by atoms with E-state index in [1.807, 2.05) is 0 Å². The molecule has 0 bridgehead atoms. The molecule has 0 radical (unpaired) electrons. The number of hydrogen-bond acceptors (Lipinski definition) is 5. The van der Waals surface area contributed by atoms with Gasteiger partial charge < -0.3 is 18.6 Å². The maximum atomic E-state index is 11.8. The molecule has 5 nitrogen and oxygen atoms in total. The lowest BCUT2D eigenvalue weighted by molar-refractivity contribution is 0.0527. The fourth-order valence-electron chi connectivity index (χ4n) is 1.74. The molecule has 0 aliphatic heterocycles. The average Bonchev–Trinajstić information content (AvgIpc) is 2.81. The van der Waals surface area contributed by atoms with Gasteiger partial charge in [-0.15, -0.1) is 0 Å². The van der Waals surface area contributed by atoms with E-state index < -0.39 is 5.97 Å². The van der Waals surface area contributed by atoms with Crippen molar-refractivity contribution < 1.29 is 23.4 Å². The van der Waals surface area contributed by atoms with Crippen LogP contribution in [0.1, 0.15) is 17.3 Å². The van der Waals surface area contributed by atoms with E-state index in [4.69, 9.17) is 18.6 Å². The lowest BCUT2D eigenvalue weighted by atomic mass is 10.1. The molecule has 0 N–H and O–H groups in total. The van der Waals surface area contributed by atoms with Crippen LogP contribution in [-0.2, 0) is 4.74 Å². The highest BCUT2D eigenvalue weighted by Crippen LogP contribution is 2.35. The molecule has 0 spiro atoms. The molecule has 18 heavy (non-hydrogen) atoms. The van der Waals surface area contributed by atoms with Gasteiger partial charge in [0, 0.05) is 12.1 Å². The standard InChI is InChI=1S/C13H14O5/c1-4-17-13(14)9-7-18-11-6-8(15-2)5-10(16-3)12(9)11/h5-7H,4H2,1-3H3. The second kappa shape index (κ2) is 5.00. The minimum absolute atomic E-state index is 0.310. The largest absolute Gasteiger partial charge is 0.496 e. The van der Waals surface area contributed by atoms with Gasteiger partial charge in [0.25, 0.3) is 0 Å². The van der Waals surface area contributed by atoms with E-state index >= 15 is 0 Å². The first-order valence-electron chi connectivity index (χ1n) is 5.51. The van der Waals surface area contributed by atoms with Crippen molar-refractivity contribution in [3.05, 3.63) is 24.0 Å². The molecule has 2 rings (SSSR count). The number of methoxy groups -OCH3 is 2. The van der Waals surface area contributed by atoms with Gasteiger partial charge in [-0.3, -0.25) is 0 Å². The van der Waals surface area contributed by atoms with Crippen molar-refractivity contribution in [2.24, 2.45) is 0 Å². The van der Waals surface area contributed by atoms with Crippen LogP contribution >= 0.6 is 0 Å². The first-order chi connectivity index (χ1) is 8.71. The lowest BCUT2D eigenvalue weighted by Gasteiger charge is -2.06. The molecule has 0 aliphatic rings. The third kappa shape index (κ3) is 1.99. The van der Waals surface area contributed by atoms with E-state index in [1.165, 1.54) is 13.4 Å². The molecule has 0 unspecified atom stereocenters. The van der Waals surface area contributed by atoms with Gasteiger partial charge in [0.1, 0.15) is 28.9 Å². The molecule has 1 aromatic heterocycles. The molecule has 0 amide bonds. The van der Waals surface area contributed by atoms with E-state index in [0.717, 1.165) is 0 Å². The quantitative estimate of drug-likeness (QED) is 0.781. The van der Waals surface area contributed by atoms with E-state index in [-0.39, 0.29) is 0 Å². The van der Waals surface area contributed by atoms with Crippen molar-refractivity contribution in [3.8, 4) is 11.5 Å². The Labute approximate surface area is 104 Å². The minimum atomic E-state index is -0.431.